The Bertz CT molecular complexity index is 958. The number of aromatic nitrogens is 2. The molecule has 1 aromatic carbocycles. The summed E-state index contributed by atoms with van der Waals surface area (Å²) in [5.41, 5.74) is 4.63. The van der Waals surface area contributed by atoms with Gasteiger partial charge in [0, 0.05) is 23.5 Å². The molecule has 0 radical (unpaired) electrons. The number of nitrogens with one attached hydrogen (secondary N) is 1. The van der Waals surface area contributed by atoms with Crippen LogP contribution in [0, 0.1) is 0 Å². The molecule has 4 heteroatoms. The van der Waals surface area contributed by atoms with Crippen molar-refractivity contribution < 1.29 is 4.74 Å². The summed E-state index contributed by atoms with van der Waals surface area (Å²) in [5, 5.41) is 1.31. The van der Waals surface area contributed by atoms with E-state index in [0.717, 1.165) is 43.0 Å². The molecule has 1 atom stereocenters. The maximum atomic E-state index is 6.08. The molecule has 4 nitrogen and oxygen atoms in total. The number of hydrogen-bond acceptors (Lipinski definition) is 3. The number of H-pyrrole nitrogens is 1. The highest BCUT2D eigenvalue weighted by Gasteiger charge is 2.34. The third-order valence-electron chi connectivity index (χ3n) is 5.88. The second-order valence-corrected chi connectivity index (χ2v) is 7.39. The van der Waals surface area contributed by atoms with Crippen LogP contribution in [0.1, 0.15) is 36.7 Å². The van der Waals surface area contributed by atoms with Gasteiger partial charge in [0.1, 0.15) is 5.76 Å². The van der Waals surface area contributed by atoms with Crippen molar-refractivity contribution in [1.29, 1.82) is 0 Å². The molecule has 27 heavy (non-hydrogen) atoms. The summed E-state index contributed by atoms with van der Waals surface area (Å²) in [5.74, 6) is 0.961. The molecule has 4 rings (SSSR count). The highest BCUT2D eigenvalue weighted by Crippen LogP contribution is 2.37. The summed E-state index contributed by atoms with van der Waals surface area (Å²) in [4.78, 5) is 10.5. The molecule has 140 valence electrons. The second kappa shape index (κ2) is 7.20. The normalized spacial score (nSPS) is 17.7. The van der Waals surface area contributed by atoms with Crippen molar-refractivity contribution in [2.75, 3.05) is 20.7 Å². The van der Waals surface area contributed by atoms with Crippen LogP contribution in [0.3, 0.4) is 0 Å². The molecule has 1 aliphatic heterocycles. The van der Waals surface area contributed by atoms with Crippen molar-refractivity contribution in [1.82, 2.24) is 14.9 Å². The van der Waals surface area contributed by atoms with Crippen molar-refractivity contribution >= 4 is 16.7 Å². The van der Waals surface area contributed by atoms with Gasteiger partial charge in [0.15, 0.2) is 0 Å². The van der Waals surface area contributed by atoms with Gasteiger partial charge in [0.25, 0.3) is 0 Å². The third kappa shape index (κ3) is 3.04. The number of hydrogen-bond donors (Lipinski definition) is 1. The fourth-order valence-electron chi connectivity index (χ4n) is 4.22. The summed E-state index contributed by atoms with van der Waals surface area (Å²) in [7, 11) is 4.26. The summed E-state index contributed by atoms with van der Waals surface area (Å²) in [6, 6.07) is 14.7. The lowest BCUT2D eigenvalue weighted by molar-refractivity contribution is 0.141. The summed E-state index contributed by atoms with van der Waals surface area (Å²) in [6.45, 7) is 2.95. The number of ether oxygens (including phenoxy) is 1. The molecule has 0 saturated heterocycles. The monoisotopic (exact) mass is 361 g/mol. The predicted octanol–water partition coefficient (Wildman–Crippen LogP) is 4.73. The topological polar surface area (TPSA) is 41.1 Å². The number of fused-ring (bicyclic) bond motifs is 3. The Kier molecular flexibility index (Phi) is 4.75. The average Bonchev–Trinajstić information content (AvgIpc) is 3.09. The summed E-state index contributed by atoms with van der Waals surface area (Å²) in [6.07, 6.45) is 6.89. The lowest BCUT2D eigenvalue weighted by Gasteiger charge is -2.38. The van der Waals surface area contributed by atoms with Gasteiger partial charge in [0.2, 0.25) is 0 Å². The van der Waals surface area contributed by atoms with Gasteiger partial charge in [0.05, 0.1) is 23.5 Å². The minimum atomic E-state index is -0.152. The molecule has 1 unspecified atom stereocenters. The number of rotatable bonds is 5. The lowest BCUT2D eigenvalue weighted by Crippen LogP contribution is -2.41. The van der Waals surface area contributed by atoms with E-state index in [-0.39, 0.29) is 5.54 Å². The van der Waals surface area contributed by atoms with E-state index < -0.39 is 0 Å². The van der Waals surface area contributed by atoms with Crippen molar-refractivity contribution in [3.63, 3.8) is 0 Å². The van der Waals surface area contributed by atoms with Crippen LogP contribution in [0.2, 0.25) is 0 Å². The van der Waals surface area contributed by atoms with Crippen molar-refractivity contribution in [2.45, 2.75) is 31.7 Å². The van der Waals surface area contributed by atoms with Gasteiger partial charge in [-0.3, -0.25) is 9.88 Å². The van der Waals surface area contributed by atoms with Crippen LogP contribution >= 0.6 is 0 Å². The van der Waals surface area contributed by atoms with Gasteiger partial charge in [-0.1, -0.05) is 31.2 Å². The molecular formula is C23H27N3O. The fraction of sp³-hybridized carbons (Fsp3) is 0.348. The molecule has 0 fully saturated rings. The van der Waals surface area contributed by atoms with Crippen molar-refractivity contribution in [2.24, 2.45) is 0 Å². The van der Waals surface area contributed by atoms with Gasteiger partial charge in [-0.15, -0.1) is 0 Å². The molecule has 0 bridgehead atoms. The van der Waals surface area contributed by atoms with E-state index in [0.29, 0.717) is 0 Å². The molecule has 3 heterocycles. The Hall–Kier alpha value is -2.59. The van der Waals surface area contributed by atoms with Crippen LogP contribution in [-0.2, 0) is 16.7 Å². The SMILES string of the molecule is CCC(C/C=C1\OCCc2c1[nH]c1ccccc21)(c1ccccn1)N(C)C. The molecule has 0 aliphatic carbocycles. The Labute approximate surface area is 160 Å². The van der Waals surface area contributed by atoms with Crippen molar-refractivity contribution in [3.8, 4) is 0 Å². The molecule has 3 aromatic rings. The van der Waals surface area contributed by atoms with E-state index in [1.165, 1.54) is 16.5 Å². The van der Waals surface area contributed by atoms with E-state index in [9.17, 15) is 0 Å². The number of pyridine rings is 1. The number of aromatic amines is 1. The predicted molar refractivity (Wildman–Crippen MR) is 110 cm³/mol. The molecule has 1 aliphatic rings. The highest BCUT2D eigenvalue weighted by atomic mass is 16.5. The van der Waals surface area contributed by atoms with E-state index in [1.54, 1.807) is 0 Å². The molecule has 1 N–H and O–H groups in total. The van der Waals surface area contributed by atoms with Crippen LogP contribution in [0.15, 0.2) is 54.7 Å². The van der Waals surface area contributed by atoms with Crippen LogP contribution in [-0.4, -0.2) is 35.6 Å². The molecule has 0 amide bonds. The first-order valence-electron chi connectivity index (χ1n) is 9.67. The van der Waals surface area contributed by atoms with Gasteiger partial charge in [-0.05, 0) is 56.8 Å². The molecular weight excluding hydrogens is 334 g/mol. The van der Waals surface area contributed by atoms with Crippen LogP contribution in [0.5, 0.6) is 0 Å². The number of nitrogens with zero attached hydrogens (tertiary/aromatic N) is 2. The molecule has 2 aromatic heterocycles. The Morgan fingerprint density at radius 1 is 1.19 bits per heavy atom. The smallest absolute Gasteiger partial charge is 0.139 e. The zero-order valence-electron chi connectivity index (χ0n) is 16.3. The largest absolute Gasteiger partial charge is 0.491 e. The van der Waals surface area contributed by atoms with Gasteiger partial charge in [-0.2, -0.15) is 0 Å². The van der Waals surface area contributed by atoms with E-state index in [1.807, 2.05) is 12.3 Å². The minimum absolute atomic E-state index is 0.152. The maximum Gasteiger partial charge on any atom is 0.139 e. The Morgan fingerprint density at radius 2 is 2.00 bits per heavy atom. The van der Waals surface area contributed by atoms with Crippen LogP contribution in [0.4, 0.5) is 0 Å². The molecule has 0 saturated carbocycles. The average molecular weight is 361 g/mol. The number of para-hydroxylation sites is 1. The lowest BCUT2D eigenvalue weighted by atomic mass is 9.85. The fourth-order valence-corrected chi connectivity index (χ4v) is 4.22. The Balaban J connectivity index is 1.74. The van der Waals surface area contributed by atoms with Crippen molar-refractivity contribution in [3.05, 3.63) is 71.7 Å². The first-order chi connectivity index (χ1) is 13.2. The number of benzene rings is 1. The van der Waals surface area contributed by atoms with Crippen LogP contribution in [0.25, 0.3) is 16.7 Å². The third-order valence-corrected chi connectivity index (χ3v) is 5.88. The zero-order chi connectivity index (χ0) is 18.9. The molecule has 0 spiro atoms. The van der Waals surface area contributed by atoms with Gasteiger partial charge in [-0.25, -0.2) is 0 Å². The second-order valence-electron chi connectivity index (χ2n) is 7.39. The van der Waals surface area contributed by atoms with E-state index in [4.69, 9.17) is 4.74 Å². The standard InChI is InChI=1S/C23H27N3O/c1-4-23(26(2)3,21-11-7-8-15-24-21)14-12-20-22-18(13-16-27-20)17-9-5-6-10-19(17)25-22/h5-12,15,25H,4,13-14,16H2,1-3H3/b20-12-. The first kappa shape index (κ1) is 17.8. The van der Waals surface area contributed by atoms with E-state index in [2.05, 4.69) is 78.4 Å². The summed E-state index contributed by atoms with van der Waals surface area (Å²) >= 11 is 0. The summed E-state index contributed by atoms with van der Waals surface area (Å²) < 4.78 is 6.08. The van der Waals surface area contributed by atoms with Gasteiger partial charge < -0.3 is 9.72 Å². The quantitative estimate of drug-likeness (QED) is 0.714. The minimum Gasteiger partial charge on any atom is -0.491 e. The first-order valence-corrected chi connectivity index (χ1v) is 9.67. The highest BCUT2D eigenvalue weighted by molar-refractivity contribution is 5.89. The van der Waals surface area contributed by atoms with E-state index >= 15 is 0 Å². The van der Waals surface area contributed by atoms with Gasteiger partial charge >= 0.3 is 0 Å². The zero-order valence-corrected chi connectivity index (χ0v) is 16.3. The maximum absolute atomic E-state index is 6.08. The Morgan fingerprint density at radius 3 is 2.74 bits per heavy atom. The van der Waals surface area contributed by atoms with Crippen LogP contribution < -0.4 is 0 Å².